The van der Waals surface area contributed by atoms with Gasteiger partial charge in [-0.2, -0.15) is 0 Å². The van der Waals surface area contributed by atoms with Gasteiger partial charge in [0.05, 0.1) is 13.2 Å². The smallest absolute Gasteiger partial charge is 0.257 e. The van der Waals surface area contributed by atoms with E-state index in [2.05, 4.69) is 27.8 Å². The van der Waals surface area contributed by atoms with E-state index in [9.17, 15) is 0 Å². The van der Waals surface area contributed by atoms with Crippen LogP contribution in [0.25, 0.3) is 0 Å². The second-order valence-corrected chi connectivity index (χ2v) is 4.37. The van der Waals surface area contributed by atoms with Gasteiger partial charge in [0.1, 0.15) is 6.61 Å². The van der Waals surface area contributed by atoms with Crippen molar-refractivity contribution in [1.29, 1.82) is 0 Å². The number of hydrogen-bond donors (Lipinski definition) is 0. The van der Waals surface area contributed by atoms with Gasteiger partial charge in [-0.3, -0.25) is 0 Å². The Hall–Kier alpha value is -0.810. The van der Waals surface area contributed by atoms with Crippen LogP contribution >= 0.6 is 15.9 Å². The number of methoxy groups -OCH3 is 1. The highest BCUT2D eigenvalue weighted by atomic mass is 79.9. The van der Waals surface area contributed by atoms with Crippen LogP contribution in [0.4, 0.5) is 0 Å². The van der Waals surface area contributed by atoms with Gasteiger partial charge in [0.2, 0.25) is 0 Å². The van der Waals surface area contributed by atoms with Crippen LogP contribution < -0.4 is 9.47 Å². The van der Waals surface area contributed by atoms with Crippen LogP contribution in [0.2, 0.25) is 0 Å². The average molecular weight is 304 g/mol. The molecule has 0 aromatic carbocycles. The first-order valence-electron chi connectivity index (χ1n) is 5.65. The predicted octanol–water partition coefficient (Wildman–Crippen LogP) is 3.05. The first kappa shape index (κ1) is 14.3. The molecular formula is C12H18BrNO3. The maximum absolute atomic E-state index is 5.61. The zero-order valence-electron chi connectivity index (χ0n) is 10.4. The zero-order chi connectivity index (χ0) is 12.7. The highest BCUT2D eigenvalue weighted by Crippen LogP contribution is 2.27. The third-order valence-electron chi connectivity index (χ3n) is 2.27. The predicted molar refractivity (Wildman–Crippen MR) is 69.7 cm³/mol. The van der Waals surface area contributed by atoms with Crippen molar-refractivity contribution in [2.45, 2.75) is 26.4 Å². The van der Waals surface area contributed by atoms with Gasteiger partial charge < -0.3 is 14.2 Å². The monoisotopic (exact) mass is 303 g/mol. The lowest BCUT2D eigenvalue weighted by molar-refractivity contribution is 0.0237. The summed E-state index contributed by atoms with van der Waals surface area (Å²) in [6.45, 7) is 5.21. The Balaban J connectivity index is 2.61. The molecule has 0 aliphatic rings. The summed E-state index contributed by atoms with van der Waals surface area (Å²) < 4.78 is 17.2. The Morgan fingerprint density at radius 2 is 2.18 bits per heavy atom. The Kier molecular flexibility index (Phi) is 6.29. The lowest BCUT2D eigenvalue weighted by atomic mass is 10.3. The summed E-state index contributed by atoms with van der Waals surface area (Å²) in [5.41, 5.74) is 0. The number of halogens is 1. The molecular weight excluding hydrogens is 286 g/mol. The molecule has 0 unspecified atom stereocenters. The van der Waals surface area contributed by atoms with Gasteiger partial charge in [-0.05, 0) is 29.3 Å². The van der Waals surface area contributed by atoms with Crippen molar-refractivity contribution >= 4 is 15.9 Å². The third kappa shape index (κ3) is 4.52. The molecule has 5 heteroatoms. The van der Waals surface area contributed by atoms with Gasteiger partial charge >= 0.3 is 0 Å². The third-order valence-corrected chi connectivity index (χ3v) is 2.70. The lowest BCUT2D eigenvalue weighted by Gasteiger charge is -2.16. The summed E-state index contributed by atoms with van der Waals surface area (Å²) in [6, 6.07) is 1.82. The normalized spacial score (nSPS) is 12.2. The minimum Gasteiger partial charge on any atom is -0.491 e. The molecule has 0 N–H and O–H groups in total. The van der Waals surface area contributed by atoms with Gasteiger partial charge in [-0.1, -0.05) is 6.92 Å². The summed E-state index contributed by atoms with van der Waals surface area (Å²) in [4.78, 5) is 4.17. The van der Waals surface area contributed by atoms with Gasteiger partial charge in [0.25, 0.3) is 5.88 Å². The maximum atomic E-state index is 5.61. The van der Waals surface area contributed by atoms with E-state index < -0.39 is 0 Å². The topological polar surface area (TPSA) is 40.6 Å². The molecule has 0 spiro atoms. The van der Waals surface area contributed by atoms with Gasteiger partial charge in [0.15, 0.2) is 5.75 Å². The van der Waals surface area contributed by atoms with Crippen LogP contribution in [0.3, 0.4) is 0 Å². The molecule has 96 valence electrons. The van der Waals surface area contributed by atoms with Gasteiger partial charge in [0, 0.05) is 23.3 Å². The van der Waals surface area contributed by atoms with E-state index in [1.165, 1.54) is 0 Å². The van der Waals surface area contributed by atoms with Crippen LogP contribution in [-0.2, 0) is 4.74 Å². The molecule has 1 rings (SSSR count). The van der Waals surface area contributed by atoms with Crippen molar-refractivity contribution in [3.05, 3.63) is 16.7 Å². The summed E-state index contributed by atoms with van der Waals surface area (Å²) in [6.07, 6.45) is 2.68. The van der Waals surface area contributed by atoms with Crippen molar-refractivity contribution in [3.63, 3.8) is 0 Å². The summed E-state index contributed by atoms with van der Waals surface area (Å²) >= 11 is 3.33. The maximum Gasteiger partial charge on any atom is 0.257 e. The van der Waals surface area contributed by atoms with E-state index in [1.54, 1.807) is 13.3 Å². The highest BCUT2D eigenvalue weighted by Gasteiger charge is 2.11. The fraction of sp³-hybridized carbons (Fsp3) is 0.583. The summed E-state index contributed by atoms with van der Waals surface area (Å²) in [7, 11) is 1.59. The van der Waals surface area contributed by atoms with E-state index in [-0.39, 0.29) is 6.10 Å². The van der Waals surface area contributed by atoms with Crippen molar-refractivity contribution in [3.8, 4) is 11.6 Å². The second kappa shape index (κ2) is 7.50. The fourth-order valence-electron chi connectivity index (χ4n) is 1.35. The van der Waals surface area contributed by atoms with E-state index in [0.29, 0.717) is 24.8 Å². The van der Waals surface area contributed by atoms with Crippen LogP contribution in [0.15, 0.2) is 16.7 Å². The summed E-state index contributed by atoms with van der Waals surface area (Å²) in [5.74, 6) is 1.11. The Bertz CT molecular complexity index is 347. The molecule has 1 aromatic rings. The van der Waals surface area contributed by atoms with Crippen LogP contribution in [0.1, 0.15) is 20.3 Å². The Morgan fingerprint density at radius 3 is 2.76 bits per heavy atom. The minimum atomic E-state index is 0.0927. The van der Waals surface area contributed by atoms with E-state index in [0.717, 1.165) is 10.9 Å². The Morgan fingerprint density at radius 1 is 1.41 bits per heavy atom. The summed E-state index contributed by atoms with van der Waals surface area (Å²) in [5, 5.41) is 0. The number of rotatable bonds is 7. The van der Waals surface area contributed by atoms with Crippen molar-refractivity contribution in [2.75, 3.05) is 20.3 Å². The average Bonchev–Trinajstić information content (AvgIpc) is 2.35. The number of nitrogens with zero attached hydrogens (tertiary/aromatic N) is 1. The molecule has 0 saturated heterocycles. The van der Waals surface area contributed by atoms with Crippen molar-refractivity contribution < 1.29 is 14.2 Å². The number of aromatic nitrogens is 1. The number of ether oxygens (including phenoxy) is 3. The second-order valence-electron chi connectivity index (χ2n) is 3.46. The van der Waals surface area contributed by atoms with E-state index in [1.807, 2.05) is 13.0 Å². The molecule has 1 aromatic heterocycles. The highest BCUT2D eigenvalue weighted by molar-refractivity contribution is 9.10. The number of pyridine rings is 1. The SMILES string of the molecule is CCO[C@@H](CC)COc1ncc(Br)cc1OC. The van der Waals surface area contributed by atoms with Crippen LogP contribution in [-0.4, -0.2) is 31.4 Å². The molecule has 0 fully saturated rings. The molecule has 0 bridgehead atoms. The molecule has 0 amide bonds. The Labute approximate surface area is 110 Å². The largest absolute Gasteiger partial charge is 0.491 e. The lowest BCUT2D eigenvalue weighted by Crippen LogP contribution is -2.21. The van der Waals surface area contributed by atoms with E-state index >= 15 is 0 Å². The number of hydrogen-bond acceptors (Lipinski definition) is 4. The molecule has 4 nitrogen and oxygen atoms in total. The van der Waals surface area contributed by atoms with Crippen molar-refractivity contribution in [1.82, 2.24) is 4.98 Å². The molecule has 1 atom stereocenters. The first-order chi connectivity index (χ1) is 8.21. The zero-order valence-corrected chi connectivity index (χ0v) is 12.0. The molecule has 0 aliphatic carbocycles. The van der Waals surface area contributed by atoms with Crippen molar-refractivity contribution in [2.24, 2.45) is 0 Å². The molecule has 0 aliphatic heterocycles. The standard InChI is InChI=1S/C12H18BrNO3/c1-4-10(16-5-2)8-17-12-11(15-3)6-9(13)7-14-12/h6-7,10H,4-5,8H2,1-3H3/t10-/m0/s1. The molecule has 0 saturated carbocycles. The molecule has 1 heterocycles. The molecule has 17 heavy (non-hydrogen) atoms. The fourth-order valence-corrected chi connectivity index (χ4v) is 1.66. The molecule has 0 radical (unpaired) electrons. The van der Waals surface area contributed by atoms with Gasteiger partial charge in [-0.15, -0.1) is 0 Å². The van der Waals surface area contributed by atoms with Gasteiger partial charge in [-0.25, -0.2) is 4.98 Å². The first-order valence-corrected chi connectivity index (χ1v) is 6.44. The van der Waals surface area contributed by atoms with Crippen LogP contribution in [0.5, 0.6) is 11.6 Å². The van der Waals surface area contributed by atoms with E-state index in [4.69, 9.17) is 14.2 Å². The van der Waals surface area contributed by atoms with Crippen LogP contribution in [0, 0.1) is 0 Å². The minimum absolute atomic E-state index is 0.0927. The quantitative estimate of drug-likeness (QED) is 0.776.